The average molecular weight is 301 g/mol. The Morgan fingerprint density at radius 1 is 1.00 bits per heavy atom. The molecule has 1 saturated carbocycles. The van der Waals surface area contributed by atoms with Gasteiger partial charge in [0.1, 0.15) is 0 Å². The van der Waals surface area contributed by atoms with Crippen LogP contribution in [0.1, 0.15) is 58.9 Å². The Morgan fingerprint density at radius 2 is 1.55 bits per heavy atom. The van der Waals surface area contributed by atoms with Crippen molar-refractivity contribution >= 4 is 12.6 Å². The van der Waals surface area contributed by atoms with E-state index in [1.54, 1.807) is 0 Å². The highest BCUT2D eigenvalue weighted by Gasteiger charge is 2.51. The van der Waals surface area contributed by atoms with E-state index in [0.717, 1.165) is 12.0 Å². The van der Waals surface area contributed by atoms with Crippen LogP contribution in [0.25, 0.3) is 0 Å². The molecule has 0 atom stereocenters. The summed E-state index contributed by atoms with van der Waals surface area (Å²) in [5.74, 6) is 0. The molecule has 0 bridgehead atoms. The molecule has 1 saturated heterocycles. The molecule has 0 unspecified atom stereocenters. The second-order valence-corrected chi connectivity index (χ2v) is 7.69. The molecular weight excluding hydrogens is 273 g/mol. The van der Waals surface area contributed by atoms with Crippen LogP contribution in [0.3, 0.4) is 0 Å². The van der Waals surface area contributed by atoms with Gasteiger partial charge < -0.3 is 14.6 Å². The van der Waals surface area contributed by atoms with E-state index in [1.165, 1.54) is 31.2 Å². The van der Waals surface area contributed by atoms with E-state index in [0.29, 0.717) is 6.04 Å². The van der Waals surface area contributed by atoms with Gasteiger partial charge in [-0.05, 0) is 51.6 Å². The van der Waals surface area contributed by atoms with Gasteiger partial charge in [0.05, 0.1) is 11.2 Å². The maximum atomic E-state index is 6.09. The van der Waals surface area contributed by atoms with Crippen molar-refractivity contribution in [2.24, 2.45) is 0 Å². The van der Waals surface area contributed by atoms with E-state index in [-0.39, 0.29) is 18.3 Å². The smallest absolute Gasteiger partial charge is 0.399 e. The van der Waals surface area contributed by atoms with Gasteiger partial charge in [-0.25, -0.2) is 0 Å². The summed E-state index contributed by atoms with van der Waals surface area (Å²) in [5.41, 5.74) is 1.87. The molecular formula is C18H28BNO2. The highest BCUT2D eigenvalue weighted by atomic mass is 16.7. The highest BCUT2D eigenvalue weighted by molar-refractivity contribution is 6.62. The minimum Gasteiger partial charge on any atom is -0.399 e. The molecule has 22 heavy (non-hydrogen) atoms. The molecule has 0 aromatic heterocycles. The fourth-order valence-electron chi connectivity index (χ4n) is 3.16. The number of hydrogen-bond donors (Lipinski definition) is 1. The lowest BCUT2D eigenvalue weighted by molar-refractivity contribution is 0.00578. The summed E-state index contributed by atoms with van der Waals surface area (Å²) in [6.45, 7) is 9.31. The molecule has 4 heteroatoms. The Hall–Kier alpha value is -0.835. The van der Waals surface area contributed by atoms with Crippen molar-refractivity contribution < 1.29 is 9.31 Å². The largest absolute Gasteiger partial charge is 0.494 e. The minimum absolute atomic E-state index is 0.262. The fourth-order valence-corrected chi connectivity index (χ4v) is 3.16. The first-order chi connectivity index (χ1) is 10.4. The Balaban J connectivity index is 1.60. The van der Waals surface area contributed by atoms with Crippen LogP contribution in [0.5, 0.6) is 0 Å². The van der Waals surface area contributed by atoms with Crippen molar-refractivity contribution in [1.29, 1.82) is 0 Å². The first-order valence-corrected chi connectivity index (χ1v) is 8.55. The molecule has 1 aliphatic carbocycles. The number of benzene rings is 1. The quantitative estimate of drug-likeness (QED) is 0.867. The van der Waals surface area contributed by atoms with Crippen molar-refractivity contribution in [3.8, 4) is 0 Å². The molecule has 0 spiro atoms. The molecule has 1 aromatic carbocycles. The Morgan fingerprint density at radius 3 is 2.09 bits per heavy atom. The average Bonchev–Trinajstić information content (AvgIpc) is 3.04. The third kappa shape index (κ3) is 3.24. The summed E-state index contributed by atoms with van der Waals surface area (Å²) in [4.78, 5) is 0. The SMILES string of the molecule is CC1(C)OB(c2ccc(CNC3CCCC3)cc2)OC1(C)C. The highest BCUT2D eigenvalue weighted by Crippen LogP contribution is 2.36. The second-order valence-electron chi connectivity index (χ2n) is 7.69. The minimum atomic E-state index is -0.277. The molecule has 1 heterocycles. The van der Waals surface area contributed by atoms with Gasteiger partial charge in [-0.15, -0.1) is 0 Å². The molecule has 3 nitrogen and oxygen atoms in total. The van der Waals surface area contributed by atoms with E-state index in [2.05, 4.69) is 57.3 Å². The second kappa shape index (κ2) is 5.99. The molecule has 2 aliphatic rings. The first kappa shape index (κ1) is 16.0. The van der Waals surface area contributed by atoms with Gasteiger partial charge >= 0.3 is 7.12 Å². The van der Waals surface area contributed by atoms with Crippen LogP contribution >= 0.6 is 0 Å². The van der Waals surface area contributed by atoms with Gasteiger partial charge in [0, 0.05) is 12.6 Å². The molecule has 1 aromatic rings. The lowest BCUT2D eigenvalue weighted by atomic mass is 9.79. The van der Waals surface area contributed by atoms with E-state index in [9.17, 15) is 0 Å². The zero-order valence-corrected chi connectivity index (χ0v) is 14.3. The van der Waals surface area contributed by atoms with E-state index in [1.807, 2.05) is 0 Å². The maximum absolute atomic E-state index is 6.09. The van der Waals surface area contributed by atoms with Crippen LogP contribution in [0.2, 0.25) is 0 Å². The number of hydrogen-bond acceptors (Lipinski definition) is 3. The van der Waals surface area contributed by atoms with E-state index < -0.39 is 0 Å². The Kier molecular flexibility index (Phi) is 4.37. The van der Waals surface area contributed by atoms with Crippen molar-refractivity contribution in [2.45, 2.75) is 77.2 Å². The van der Waals surface area contributed by atoms with Crippen molar-refractivity contribution in [1.82, 2.24) is 5.32 Å². The molecule has 3 rings (SSSR count). The van der Waals surface area contributed by atoms with Crippen molar-refractivity contribution in [3.05, 3.63) is 29.8 Å². The predicted octanol–water partition coefficient (Wildman–Crippen LogP) is 3.02. The van der Waals surface area contributed by atoms with Gasteiger partial charge in [-0.2, -0.15) is 0 Å². The van der Waals surface area contributed by atoms with Crippen molar-refractivity contribution in [2.75, 3.05) is 0 Å². The lowest BCUT2D eigenvalue weighted by Gasteiger charge is -2.32. The van der Waals surface area contributed by atoms with Gasteiger partial charge in [0.25, 0.3) is 0 Å². The third-order valence-electron chi connectivity index (χ3n) is 5.46. The van der Waals surface area contributed by atoms with E-state index in [4.69, 9.17) is 9.31 Å². The fraction of sp³-hybridized carbons (Fsp3) is 0.667. The summed E-state index contributed by atoms with van der Waals surface area (Å²) in [6.07, 6.45) is 5.40. The molecule has 1 aliphatic heterocycles. The third-order valence-corrected chi connectivity index (χ3v) is 5.46. The van der Waals surface area contributed by atoms with E-state index >= 15 is 0 Å². The Labute approximate surface area is 134 Å². The van der Waals surface area contributed by atoms with Crippen LogP contribution < -0.4 is 10.8 Å². The van der Waals surface area contributed by atoms with Gasteiger partial charge in [-0.3, -0.25) is 0 Å². The van der Waals surface area contributed by atoms with Crippen LogP contribution in [-0.4, -0.2) is 24.4 Å². The zero-order chi connectivity index (χ0) is 15.8. The number of rotatable bonds is 4. The summed E-state index contributed by atoms with van der Waals surface area (Å²) >= 11 is 0. The van der Waals surface area contributed by atoms with Crippen LogP contribution in [0, 0.1) is 0 Å². The first-order valence-electron chi connectivity index (χ1n) is 8.55. The predicted molar refractivity (Wildman–Crippen MR) is 91.3 cm³/mol. The summed E-state index contributed by atoms with van der Waals surface area (Å²) < 4.78 is 12.2. The topological polar surface area (TPSA) is 30.5 Å². The standard InChI is InChI=1S/C18H28BNO2/c1-17(2)18(3,4)22-19(21-17)15-11-9-14(10-12-15)13-20-16-7-5-6-8-16/h9-12,16,20H,5-8,13H2,1-4H3. The summed E-state index contributed by atoms with van der Waals surface area (Å²) in [6, 6.07) is 9.34. The molecule has 1 N–H and O–H groups in total. The normalized spacial score (nSPS) is 24.1. The van der Waals surface area contributed by atoms with Crippen LogP contribution in [-0.2, 0) is 15.9 Å². The Bertz CT molecular complexity index is 490. The zero-order valence-electron chi connectivity index (χ0n) is 14.3. The molecule has 2 fully saturated rings. The van der Waals surface area contributed by atoms with Crippen LogP contribution in [0.4, 0.5) is 0 Å². The van der Waals surface area contributed by atoms with Gasteiger partial charge in [-0.1, -0.05) is 37.1 Å². The van der Waals surface area contributed by atoms with Gasteiger partial charge in [0.2, 0.25) is 0 Å². The monoisotopic (exact) mass is 301 g/mol. The number of nitrogens with one attached hydrogen (secondary N) is 1. The van der Waals surface area contributed by atoms with Crippen LogP contribution in [0.15, 0.2) is 24.3 Å². The maximum Gasteiger partial charge on any atom is 0.494 e. The molecule has 0 radical (unpaired) electrons. The summed E-state index contributed by atoms with van der Waals surface area (Å²) in [7, 11) is -0.262. The molecule has 0 amide bonds. The molecule has 120 valence electrons. The van der Waals surface area contributed by atoms with Gasteiger partial charge in [0.15, 0.2) is 0 Å². The summed E-state index contributed by atoms with van der Waals surface area (Å²) in [5, 5.41) is 3.65. The lowest BCUT2D eigenvalue weighted by Crippen LogP contribution is -2.41. The van der Waals surface area contributed by atoms with Crippen molar-refractivity contribution in [3.63, 3.8) is 0 Å².